The van der Waals surface area contributed by atoms with Gasteiger partial charge in [-0.05, 0) is 36.1 Å². The van der Waals surface area contributed by atoms with Crippen LogP contribution in [-0.4, -0.2) is 18.2 Å². The lowest BCUT2D eigenvalue weighted by Gasteiger charge is -2.23. The number of aryl methyl sites for hydroxylation is 1. The predicted octanol–water partition coefficient (Wildman–Crippen LogP) is 5.08. The summed E-state index contributed by atoms with van der Waals surface area (Å²) in [6, 6.07) is 8.07. The molecule has 1 aromatic heterocycles. The summed E-state index contributed by atoms with van der Waals surface area (Å²) in [5.41, 5.74) is 3.07. The number of aliphatic hydroxyl groups is 1. The van der Waals surface area contributed by atoms with Gasteiger partial charge in [0.15, 0.2) is 0 Å². The molecule has 0 amide bonds. The van der Waals surface area contributed by atoms with Gasteiger partial charge in [-0.15, -0.1) is 24.5 Å². The molecule has 1 N–H and O–H groups in total. The number of rotatable bonds is 7. The van der Waals surface area contributed by atoms with Crippen LogP contribution in [0.5, 0.6) is 0 Å². The molecule has 0 aliphatic carbocycles. The second-order valence-electron chi connectivity index (χ2n) is 5.06. The Kier molecular flexibility index (Phi) is 6.00. The third kappa shape index (κ3) is 3.69. The third-order valence-corrected chi connectivity index (χ3v) is 5.25. The Bertz CT molecular complexity index is 655. The molecule has 0 aliphatic heterocycles. The number of halogens is 1. The SMILES string of the molecule is C=CCN(CC=C)c1ccc(C(O)c2sccc2C)c(Br)c1. The third-order valence-electron chi connectivity index (χ3n) is 3.49. The van der Waals surface area contributed by atoms with Crippen LogP contribution < -0.4 is 4.90 Å². The minimum Gasteiger partial charge on any atom is -0.383 e. The molecule has 22 heavy (non-hydrogen) atoms. The largest absolute Gasteiger partial charge is 0.383 e. The molecule has 0 saturated heterocycles. The van der Waals surface area contributed by atoms with Crippen molar-refractivity contribution in [2.75, 3.05) is 18.0 Å². The van der Waals surface area contributed by atoms with Crippen molar-refractivity contribution in [1.82, 2.24) is 0 Å². The zero-order chi connectivity index (χ0) is 16.1. The van der Waals surface area contributed by atoms with Crippen LogP contribution in [0, 0.1) is 6.92 Å². The van der Waals surface area contributed by atoms with Gasteiger partial charge in [-0.25, -0.2) is 0 Å². The first-order chi connectivity index (χ1) is 10.6. The van der Waals surface area contributed by atoms with Gasteiger partial charge in [0, 0.05) is 33.7 Å². The Morgan fingerprint density at radius 1 is 1.27 bits per heavy atom. The van der Waals surface area contributed by atoms with Gasteiger partial charge in [0.2, 0.25) is 0 Å². The fourth-order valence-corrected chi connectivity index (χ4v) is 3.85. The zero-order valence-corrected chi connectivity index (χ0v) is 15.0. The molecule has 0 radical (unpaired) electrons. The van der Waals surface area contributed by atoms with Gasteiger partial charge in [-0.3, -0.25) is 0 Å². The van der Waals surface area contributed by atoms with E-state index in [9.17, 15) is 5.11 Å². The second kappa shape index (κ2) is 7.77. The zero-order valence-electron chi connectivity index (χ0n) is 12.6. The van der Waals surface area contributed by atoms with E-state index in [2.05, 4.69) is 34.0 Å². The van der Waals surface area contributed by atoms with Crippen LogP contribution in [0.1, 0.15) is 22.1 Å². The number of nitrogens with zero attached hydrogens (tertiary/aromatic N) is 1. The van der Waals surface area contributed by atoms with Crippen LogP contribution in [0.3, 0.4) is 0 Å². The van der Waals surface area contributed by atoms with Gasteiger partial charge in [0.1, 0.15) is 6.10 Å². The molecule has 2 rings (SSSR count). The topological polar surface area (TPSA) is 23.5 Å². The lowest BCUT2D eigenvalue weighted by Crippen LogP contribution is -2.23. The molecular weight excluding hydrogens is 358 g/mol. The van der Waals surface area contributed by atoms with Gasteiger partial charge < -0.3 is 10.0 Å². The normalized spacial score (nSPS) is 12.0. The van der Waals surface area contributed by atoms with Crippen molar-refractivity contribution >= 4 is 33.0 Å². The number of benzene rings is 1. The number of thiophene rings is 1. The van der Waals surface area contributed by atoms with Crippen molar-refractivity contribution in [2.45, 2.75) is 13.0 Å². The maximum Gasteiger partial charge on any atom is 0.115 e. The predicted molar refractivity (Wildman–Crippen MR) is 99.9 cm³/mol. The van der Waals surface area contributed by atoms with E-state index in [1.165, 1.54) is 0 Å². The van der Waals surface area contributed by atoms with Crippen molar-refractivity contribution in [2.24, 2.45) is 0 Å². The van der Waals surface area contributed by atoms with Crippen molar-refractivity contribution in [3.8, 4) is 0 Å². The van der Waals surface area contributed by atoms with E-state index in [4.69, 9.17) is 0 Å². The Hall–Kier alpha value is -1.36. The van der Waals surface area contributed by atoms with Crippen LogP contribution >= 0.6 is 27.3 Å². The van der Waals surface area contributed by atoms with Gasteiger partial charge in [-0.1, -0.05) is 34.1 Å². The van der Waals surface area contributed by atoms with Crippen LogP contribution in [0.25, 0.3) is 0 Å². The molecule has 0 fully saturated rings. The first-order valence-electron chi connectivity index (χ1n) is 7.06. The van der Waals surface area contributed by atoms with E-state index in [0.29, 0.717) is 0 Å². The molecule has 2 nitrogen and oxygen atoms in total. The van der Waals surface area contributed by atoms with Crippen molar-refractivity contribution in [3.05, 3.63) is 75.4 Å². The van der Waals surface area contributed by atoms with E-state index in [0.717, 1.165) is 39.3 Å². The van der Waals surface area contributed by atoms with Crippen molar-refractivity contribution in [1.29, 1.82) is 0 Å². The Labute approximate surface area is 144 Å². The van der Waals surface area contributed by atoms with E-state index in [1.54, 1.807) is 11.3 Å². The standard InChI is InChI=1S/C18H20BrNOS/c1-4-9-20(10-5-2)14-6-7-15(16(19)12-14)17(21)18-13(3)8-11-22-18/h4-8,11-12,17,21H,1-2,9-10H2,3H3. The van der Waals surface area contributed by atoms with Crippen LogP contribution in [0.2, 0.25) is 0 Å². The number of hydrogen-bond donors (Lipinski definition) is 1. The monoisotopic (exact) mass is 377 g/mol. The molecular formula is C18H20BrNOS. The summed E-state index contributed by atoms with van der Waals surface area (Å²) in [6.07, 6.45) is 3.14. The van der Waals surface area contributed by atoms with E-state index in [1.807, 2.05) is 48.7 Å². The first kappa shape index (κ1) is 17.0. The molecule has 1 unspecified atom stereocenters. The average Bonchev–Trinajstić information content (AvgIpc) is 2.92. The van der Waals surface area contributed by atoms with E-state index >= 15 is 0 Å². The summed E-state index contributed by atoms with van der Waals surface area (Å²) in [6.45, 7) is 11.1. The minimum absolute atomic E-state index is 0.601. The molecule has 0 aliphatic rings. The Balaban J connectivity index is 2.31. The summed E-state index contributed by atoms with van der Waals surface area (Å²) in [5.74, 6) is 0. The summed E-state index contributed by atoms with van der Waals surface area (Å²) in [5, 5.41) is 12.6. The maximum absolute atomic E-state index is 10.6. The quantitative estimate of drug-likeness (QED) is 0.680. The fraction of sp³-hybridized carbons (Fsp3) is 0.222. The molecule has 1 atom stereocenters. The first-order valence-corrected chi connectivity index (χ1v) is 8.74. The lowest BCUT2D eigenvalue weighted by molar-refractivity contribution is 0.222. The van der Waals surface area contributed by atoms with Gasteiger partial charge in [0.25, 0.3) is 0 Å². The second-order valence-corrected chi connectivity index (χ2v) is 6.86. The molecule has 0 saturated carbocycles. The number of anilines is 1. The molecule has 0 bridgehead atoms. The van der Waals surface area contributed by atoms with Gasteiger partial charge >= 0.3 is 0 Å². The smallest absolute Gasteiger partial charge is 0.115 e. The molecule has 0 spiro atoms. The van der Waals surface area contributed by atoms with Crippen LogP contribution in [-0.2, 0) is 0 Å². The van der Waals surface area contributed by atoms with Crippen LogP contribution in [0.4, 0.5) is 5.69 Å². The van der Waals surface area contributed by atoms with E-state index < -0.39 is 6.10 Å². The van der Waals surface area contributed by atoms with Gasteiger partial charge in [-0.2, -0.15) is 0 Å². The maximum atomic E-state index is 10.6. The molecule has 2 aromatic rings. The minimum atomic E-state index is -0.601. The number of aliphatic hydroxyl groups excluding tert-OH is 1. The highest BCUT2D eigenvalue weighted by Crippen LogP contribution is 2.35. The molecule has 1 heterocycles. The fourth-order valence-electron chi connectivity index (χ4n) is 2.34. The highest BCUT2D eigenvalue weighted by atomic mass is 79.9. The average molecular weight is 378 g/mol. The summed E-state index contributed by atoms with van der Waals surface area (Å²) >= 11 is 5.17. The van der Waals surface area contributed by atoms with Crippen molar-refractivity contribution in [3.63, 3.8) is 0 Å². The summed E-state index contributed by atoms with van der Waals surface area (Å²) < 4.78 is 0.906. The Morgan fingerprint density at radius 2 is 1.95 bits per heavy atom. The van der Waals surface area contributed by atoms with Gasteiger partial charge in [0.05, 0.1) is 0 Å². The summed E-state index contributed by atoms with van der Waals surface area (Å²) in [4.78, 5) is 3.15. The molecule has 1 aromatic carbocycles. The van der Waals surface area contributed by atoms with Crippen molar-refractivity contribution < 1.29 is 5.11 Å². The van der Waals surface area contributed by atoms with Crippen LogP contribution in [0.15, 0.2) is 59.4 Å². The molecule has 116 valence electrons. The highest BCUT2D eigenvalue weighted by molar-refractivity contribution is 9.10. The van der Waals surface area contributed by atoms with E-state index in [-0.39, 0.29) is 0 Å². The molecule has 4 heteroatoms. The summed E-state index contributed by atoms with van der Waals surface area (Å²) in [7, 11) is 0. The lowest BCUT2D eigenvalue weighted by atomic mass is 10.1. The highest BCUT2D eigenvalue weighted by Gasteiger charge is 2.18. The Morgan fingerprint density at radius 3 is 2.45 bits per heavy atom. The number of hydrogen-bond acceptors (Lipinski definition) is 3.